The Labute approximate surface area is 205 Å². The van der Waals surface area contributed by atoms with E-state index in [1.54, 1.807) is 0 Å². The third-order valence-electron chi connectivity index (χ3n) is 7.52. The van der Waals surface area contributed by atoms with Gasteiger partial charge in [0.15, 0.2) is 0 Å². The van der Waals surface area contributed by atoms with E-state index in [0.29, 0.717) is 0 Å². The van der Waals surface area contributed by atoms with E-state index in [2.05, 4.69) is 135 Å². The molecule has 0 atom stereocenters. The zero-order valence-corrected chi connectivity index (χ0v) is 20.3. The van der Waals surface area contributed by atoms with Crippen LogP contribution >= 0.6 is 0 Å². The molecule has 1 nitrogen and oxygen atoms in total. The number of benzene rings is 6. The molecule has 0 radical (unpaired) electrons. The topological polar surface area (TPSA) is 4.93 Å². The fourth-order valence-corrected chi connectivity index (χ4v) is 5.82. The lowest BCUT2D eigenvalue weighted by atomic mass is 9.87. The van der Waals surface area contributed by atoms with Crippen molar-refractivity contribution in [1.29, 1.82) is 0 Å². The first-order valence-electron chi connectivity index (χ1n) is 12.4. The quantitative estimate of drug-likeness (QED) is 0.220. The molecule has 1 heteroatoms. The molecule has 0 bridgehead atoms. The number of rotatable bonds is 1. The van der Waals surface area contributed by atoms with Crippen LogP contribution in [0.1, 0.15) is 26.3 Å². The Balaban J connectivity index is 1.74. The van der Waals surface area contributed by atoms with Crippen molar-refractivity contribution >= 4 is 54.1 Å². The van der Waals surface area contributed by atoms with Gasteiger partial charge < -0.3 is 4.57 Å². The van der Waals surface area contributed by atoms with Gasteiger partial charge in [0.25, 0.3) is 0 Å². The number of hydrogen-bond acceptors (Lipinski definition) is 0. The minimum absolute atomic E-state index is 0.126. The summed E-state index contributed by atoms with van der Waals surface area (Å²) in [4.78, 5) is 0. The Hall–Kier alpha value is -4.10. The van der Waals surface area contributed by atoms with Crippen LogP contribution in [0.15, 0.2) is 109 Å². The Morgan fingerprint density at radius 3 is 1.80 bits per heavy atom. The number of fused-ring (bicyclic) bond motifs is 10. The molecule has 0 N–H and O–H groups in total. The van der Waals surface area contributed by atoms with Crippen LogP contribution in [0.3, 0.4) is 0 Å². The summed E-state index contributed by atoms with van der Waals surface area (Å²) in [6.45, 7) is 6.81. The zero-order valence-electron chi connectivity index (χ0n) is 20.3. The highest BCUT2D eigenvalue weighted by molar-refractivity contribution is 6.35. The van der Waals surface area contributed by atoms with Crippen molar-refractivity contribution in [2.75, 3.05) is 0 Å². The van der Waals surface area contributed by atoms with Crippen LogP contribution in [0, 0.1) is 0 Å². The minimum atomic E-state index is 0.126. The fraction of sp³-hybridized carbons (Fsp3) is 0.118. The average molecular weight is 450 g/mol. The van der Waals surface area contributed by atoms with Crippen LogP contribution in [-0.2, 0) is 5.41 Å². The smallest absolute Gasteiger partial charge is 0.0626 e. The number of hydrogen-bond donors (Lipinski definition) is 0. The van der Waals surface area contributed by atoms with Crippen LogP contribution in [-0.4, -0.2) is 4.57 Å². The Morgan fingerprint density at radius 1 is 0.486 bits per heavy atom. The molecule has 0 saturated heterocycles. The average Bonchev–Trinajstić information content (AvgIpc) is 3.23. The van der Waals surface area contributed by atoms with Crippen molar-refractivity contribution in [3.8, 4) is 5.69 Å². The summed E-state index contributed by atoms with van der Waals surface area (Å²) in [5, 5.41) is 10.5. The summed E-state index contributed by atoms with van der Waals surface area (Å²) < 4.78 is 2.47. The molecule has 168 valence electrons. The summed E-state index contributed by atoms with van der Waals surface area (Å²) in [5.41, 5.74) is 5.21. The standard InChI is InChI=1S/C34H27N/c1-34(2,3)23-17-19-24(20-18-23)35-30-15-9-8-14-28(30)32-27-13-7-6-12-26(27)31-25-11-5-4-10-22(25)16-21-29(31)33(32)35/h4-21H,1-3H3. The van der Waals surface area contributed by atoms with E-state index in [-0.39, 0.29) is 5.41 Å². The van der Waals surface area contributed by atoms with Gasteiger partial charge in [0.1, 0.15) is 0 Å². The normalized spacial score (nSPS) is 12.4. The van der Waals surface area contributed by atoms with Gasteiger partial charge in [-0.3, -0.25) is 0 Å². The van der Waals surface area contributed by atoms with Gasteiger partial charge in [-0.1, -0.05) is 112 Å². The molecule has 0 unspecified atom stereocenters. The van der Waals surface area contributed by atoms with E-state index in [9.17, 15) is 0 Å². The first-order chi connectivity index (χ1) is 17.0. The predicted molar refractivity (Wildman–Crippen MR) is 152 cm³/mol. The zero-order chi connectivity index (χ0) is 23.7. The lowest BCUT2D eigenvalue weighted by Crippen LogP contribution is -2.10. The Morgan fingerprint density at radius 2 is 1.09 bits per heavy atom. The van der Waals surface area contributed by atoms with E-state index in [1.807, 2.05) is 0 Å². The van der Waals surface area contributed by atoms with Crippen LogP contribution in [0.2, 0.25) is 0 Å². The molecule has 6 aromatic carbocycles. The van der Waals surface area contributed by atoms with Crippen molar-refractivity contribution < 1.29 is 0 Å². The summed E-state index contributed by atoms with van der Waals surface area (Å²) in [6, 6.07) is 40.3. The Kier molecular flexibility index (Phi) is 4.17. The number of aromatic nitrogens is 1. The van der Waals surface area contributed by atoms with Crippen LogP contribution < -0.4 is 0 Å². The summed E-state index contributed by atoms with van der Waals surface area (Å²) in [6.07, 6.45) is 0. The fourth-order valence-electron chi connectivity index (χ4n) is 5.82. The Bertz CT molecular complexity index is 1910. The second kappa shape index (κ2) is 7.20. The maximum Gasteiger partial charge on any atom is 0.0626 e. The van der Waals surface area contributed by atoms with Crippen LogP contribution in [0.5, 0.6) is 0 Å². The molecule has 7 rings (SSSR count). The van der Waals surface area contributed by atoms with E-state index in [4.69, 9.17) is 0 Å². The van der Waals surface area contributed by atoms with Crippen molar-refractivity contribution in [1.82, 2.24) is 4.57 Å². The molecule has 0 aliphatic carbocycles. The molecule has 0 aliphatic rings. The first kappa shape index (κ1) is 20.3. The van der Waals surface area contributed by atoms with Crippen LogP contribution in [0.25, 0.3) is 59.8 Å². The molecular weight excluding hydrogens is 422 g/mol. The summed E-state index contributed by atoms with van der Waals surface area (Å²) in [7, 11) is 0. The van der Waals surface area contributed by atoms with Crippen molar-refractivity contribution in [3.05, 3.63) is 115 Å². The third-order valence-corrected chi connectivity index (χ3v) is 7.52. The lowest BCUT2D eigenvalue weighted by molar-refractivity contribution is 0.590. The van der Waals surface area contributed by atoms with Gasteiger partial charge >= 0.3 is 0 Å². The van der Waals surface area contributed by atoms with Crippen LogP contribution in [0.4, 0.5) is 0 Å². The molecule has 7 aromatic rings. The maximum absolute atomic E-state index is 2.47. The van der Waals surface area contributed by atoms with E-state index >= 15 is 0 Å². The number of para-hydroxylation sites is 1. The molecular formula is C34H27N. The second-order valence-corrected chi connectivity index (χ2v) is 10.6. The molecule has 35 heavy (non-hydrogen) atoms. The number of nitrogens with zero attached hydrogens (tertiary/aromatic N) is 1. The highest BCUT2D eigenvalue weighted by atomic mass is 15.0. The first-order valence-corrected chi connectivity index (χ1v) is 12.4. The monoisotopic (exact) mass is 449 g/mol. The van der Waals surface area contributed by atoms with Crippen molar-refractivity contribution in [2.24, 2.45) is 0 Å². The van der Waals surface area contributed by atoms with E-state index in [1.165, 1.54) is 65.4 Å². The van der Waals surface area contributed by atoms with Gasteiger partial charge in [-0.05, 0) is 56.1 Å². The molecule has 1 heterocycles. The second-order valence-electron chi connectivity index (χ2n) is 10.6. The van der Waals surface area contributed by atoms with Gasteiger partial charge in [-0.15, -0.1) is 0 Å². The van der Waals surface area contributed by atoms with E-state index in [0.717, 1.165) is 0 Å². The van der Waals surface area contributed by atoms with Gasteiger partial charge in [0.2, 0.25) is 0 Å². The largest absolute Gasteiger partial charge is 0.309 e. The highest BCUT2D eigenvalue weighted by Crippen LogP contribution is 2.44. The molecule has 0 aliphatic heterocycles. The van der Waals surface area contributed by atoms with Gasteiger partial charge in [-0.25, -0.2) is 0 Å². The molecule has 0 saturated carbocycles. The summed E-state index contributed by atoms with van der Waals surface area (Å²) in [5.74, 6) is 0. The molecule has 0 spiro atoms. The SMILES string of the molecule is CC(C)(C)c1ccc(-n2c3ccccc3c3c4ccccc4c4c5ccccc5ccc4c32)cc1. The summed E-state index contributed by atoms with van der Waals surface area (Å²) >= 11 is 0. The predicted octanol–water partition coefficient (Wildman–Crippen LogP) is 9.54. The van der Waals surface area contributed by atoms with Gasteiger partial charge in [-0.2, -0.15) is 0 Å². The molecule has 0 fully saturated rings. The maximum atomic E-state index is 2.47. The van der Waals surface area contributed by atoms with Crippen molar-refractivity contribution in [2.45, 2.75) is 26.2 Å². The molecule has 1 aromatic heterocycles. The lowest BCUT2D eigenvalue weighted by Gasteiger charge is -2.20. The third kappa shape index (κ3) is 2.88. The van der Waals surface area contributed by atoms with Crippen molar-refractivity contribution in [3.63, 3.8) is 0 Å². The van der Waals surface area contributed by atoms with Gasteiger partial charge in [0.05, 0.1) is 11.0 Å². The van der Waals surface area contributed by atoms with Gasteiger partial charge in [0, 0.05) is 21.8 Å². The minimum Gasteiger partial charge on any atom is -0.309 e. The molecule has 0 amide bonds. The van der Waals surface area contributed by atoms with E-state index < -0.39 is 0 Å². The highest BCUT2D eigenvalue weighted by Gasteiger charge is 2.20.